The highest BCUT2D eigenvalue weighted by Crippen LogP contribution is 2.15. The van der Waals surface area contributed by atoms with Crippen LogP contribution in [-0.4, -0.2) is 60.4 Å². The molecule has 0 aromatic rings. The fourth-order valence-electron chi connectivity index (χ4n) is 1.97. The number of nitrogens with zero attached hydrogens (tertiary/aromatic N) is 1. The minimum atomic E-state index is -0.607. The first kappa shape index (κ1) is 13.4. The van der Waals surface area contributed by atoms with Crippen LogP contribution in [0, 0.1) is 0 Å². The van der Waals surface area contributed by atoms with Crippen molar-refractivity contribution >= 4 is 5.91 Å². The normalized spacial score (nSPS) is 29.7. The number of amides is 1. The molecule has 94 valence electrons. The first-order valence-corrected chi connectivity index (χ1v) is 5.87. The number of hydrogen-bond donors (Lipinski definition) is 2. The fourth-order valence-corrected chi connectivity index (χ4v) is 1.97. The van der Waals surface area contributed by atoms with E-state index >= 15 is 0 Å². The van der Waals surface area contributed by atoms with Gasteiger partial charge in [-0.3, -0.25) is 4.79 Å². The van der Waals surface area contributed by atoms with E-state index in [0.29, 0.717) is 13.2 Å². The van der Waals surface area contributed by atoms with E-state index in [1.807, 2.05) is 0 Å². The van der Waals surface area contributed by atoms with Gasteiger partial charge in [0.05, 0.1) is 18.8 Å². The van der Waals surface area contributed by atoms with Crippen LogP contribution in [0.1, 0.15) is 20.8 Å². The minimum Gasteiger partial charge on any atom is -0.388 e. The van der Waals surface area contributed by atoms with Gasteiger partial charge in [-0.15, -0.1) is 0 Å². The molecule has 1 aliphatic rings. The lowest BCUT2D eigenvalue weighted by atomic mass is 10.1. The third-order valence-corrected chi connectivity index (χ3v) is 3.00. The molecule has 2 N–H and O–H groups in total. The Bertz CT molecular complexity index is 231. The number of ether oxygens (including phenoxy) is 1. The van der Waals surface area contributed by atoms with Gasteiger partial charge in [-0.05, 0) is 13.1 Å². The molecule has 5 heteroatoms. The summed E-state index contributed by atoms with van der Waals surface area (Å²) < 4.78 is 5.51. The van der Waals surface area contributed by atoms with Crippen LogP contribution in [0.3, 0.4) is 0 Å². The average Bonchev–Trinajstić information content (AvgIpc) is 2.57. The standard InChI is InChI=1S/C11H22N2O3/c1-4-13(5-2)6-10-11(15)9(7-16-10)12-8(3)14/h9-11,15H,4-7H2,1-3H3,(H,12,14)/t9-,10+,11-/m1/s1. The Balaban J connectivity index is 2.43. The molecule has 1 rings (SSSR count). The molecule has 0 aromatic carbocycles. The van der Waals surface area contributed by atoms with E-state index in [1.165, 1.54) is 6.92 Å². The van der Waals surface area contributed by atoms with Gasteiger partial charge in [-0.25, -0.2) is 0 Å². The Morgan fingerprint density at radius 3 is 2.62 bits per heavy atom. The summed E-state index contributed by atoms with van der Waals surface area (Å²) in [6.45, 7) is 8.59. The number of aliphatic hydroxyl groups is 1. The Labute approximate surface area is 96.8 Å². The first-order valence-electron chi connectivity index (χ1n) is 5.87. The molecule has 1 fully saturated rings. The second-order valence-corrected chi connectivity index (χ2v) is 4.16. The summed E-state index contributed by atoms with van der Waals surface area (Å²) >= 11 is 0. The van der Waals surface area contributed by atoms with E-state index in [-0.39, 0.29) is 18.1 Å². The van der Waals surface area contributed by atoms with E-state index in [0.717, 1.165) is 13.1 Å². The molecule has 0 bridgehead atoms. The minimum absolute atomic E-state index is 0.129. The SMILES string of the molecule is CCN(CC)C[C@@H]1OC[C@@H](NC(C)=O)[C@H]1O. The van der Waals surface area contributed by atoms with Gasteiger partial charge in [0.1, 0.15) is 6.10 Å². The third kappa shape index (κ3) is 3.43. The maximum atomic E-state index is 10.9. The van der Waals surface area contributed by atoms with Crippen LogP contribution in [0.4, 0.5) is 0 Å². The molecule has 5 nitrogen and oxygen atoms in total. The third-order valence-electron chi connectivity index (χ3n) is 3.00. The molecule has 1 aliphatic heterocycles. The summed E-state index contributed by atoms with van der Waals surface area (Å²) in [5.74, 6) is -0.129. The maximum absolute atomic E-state index is 10.9. The van der Waals surface area contributed by atoms with Crippen molar-refractivity contribution in [3.05, 3.63) is 0 Å². The molecule has 16 heavy (non-hydrogen) atoms. The molecule has 1 amide bonds. The number of carbonyl (C=O) groups excluding carboxylic acids is 1. The molecule has 1 heterocycles. The zero-order valence-electron chi connectivity index (χ0n) is 10.3. The van der Waals surface area contributed by atoms with Gasteiger partial charge in [0.25, 0.3) is 0 Å². The number of likely N-dealkylation sites (N-methyl/N-ethyl adjacent to an activating group) is 1. The van der Waals surface area contributed by atoms with Gasteiger partial charge >= 0.3 is 0 Å². The lowest BCUT2D eigenvalue weighted by molar-refractivity contribution is -0.120. The fraction of sp³-hybridized carbons (Fsp3) is 0.909. The quantitative estimate of drug-likeness (QED) is 0.674. The molecule has 0 aromatic heterocycles. The van der Waals surface area contributed by atoms with Gasteiger partial charge in [-0.2, -0.15) is 0 Å². The number of hydrogen-bond acceptors (Lipinski definition) is 4. The number of rotatable bonds is 5. The average molecular weight is 230 g/mol. The van der Waals surface area contributed by atoms with Crippen LogP contribution in [0.15, 0.2) is 0 Å². The molecule has 0 unspecified atom stereocenters. The Kier molecular flexibility index (Phi) is 5.18. The summed E-state index contributed by atoms with van der Waals surface area (Å²) in [5, 5.41) is 12.7. The zero-order valence-corrected chi connectivity index (χ0v) is 10.3. The van der Waals surface area contributed by atoms with E-state index in [4.69, 9.17) is 4.74 Å². The maximum Gasteiger partial charge on any atom is 0.217 e. The Morgan fingerprint density at radius 2 is 2.12 bits per heavy atom. The van der Waals surface area contributed by atoms with Gasteiger partial charge in [0, 0.05) is 13.5 Å². The molecule has 0 radical (unpaired) electrons. The zero-order chi connectivity index (χ0) is 12.1. The largest absolute Gasteiger partial charge is 0.388 e. The van der Waals surface area contributed by atoms with E-state index in [9.17, 15) is 9.90 Å². The summed E-state index contributed by atoms with van der Waals surface area (Å²) in [6.07, 6.45) is -0.804. The Morgan fingerprint density at radius 1 is 1.50 bits per heavy atom. The molecule has 0 aliphatic carbocycles. The number of carbonyl (C=O) groups is 1. The van der Waals surface area contributed by atoms with Crippen molar-refractivity contribution in [3.63, 3.8) is 0 Å². The van der Waals surface area contributed by atoms with Crippen LogP contribution in [0.2, 0.25) is 0 Å². The number of aliphatic hydroxyl groups excluding tert-OH is 1. The van der Waals surface area contributed by atoms with Gasteiger partial charge in [-0.1, -0.05) is 13.8 Å². The molecule has 3 atom stereocenters. The molecular weight excluding hydrogens is 208 g/mol. The van der Waals surface area contributed by atoms with Gasteiger partial charge < -0.3 is 20.1 Å². The van der Waals surface area contributed by atoms with Crippen molar-refractivity contribution in [2.24, 2.45) is 0 Å². The predicted octanol–water partition coefficient (Wildman–Crippen LogP) is -0.407. The Hall–Kier alpha value is -0.650. The van der Waals surface area contributed by atoms with Crippen molar-refractivity contribution in [1.82, 2.24) is 10.2 Å². The second-order valence-electron chi connectivity index (χ2n) is 4.16. The summed E-state index contributed by atoms with van der Waals surface area (Å²) in [7, 11) is 0. The smallest absolute Gasteiger partial charge is 0.217 e. The van der Waals surface area contributed by atoms with Crippen LogP contribution in [0.5, 0.6) is 0 Å². The topological polar surface area (TPSA) is 61.8 Å². The first-order chi connectivity index (χ1) is 7.58. The summed E-state index contributed by atoms with van der Waals surface area (Å²) in [4.78, 5) is 13.1. The lowest BCUT2D eigenvalue weighted by Gasteiger charge is -2.24. The van der Waals surface area contributed by atoms with Crippen molar-refractivity contribution < 1.29 is 14.6 Å². The second kappa shape index (κ2) is 6.18. The highest BCUT2D eigenvalue weighted by molar-refractivity contribution is 5.73. The van der Waals surface area contributed by atoms with E-state index < -0.39 is 6.10 Å². The van der Waals surface area contributed by atoms with E-state index in [2.05, 4.69) is 24.1 Å². The predicted molar refractivity (Wildman–Crippen MR) is 61.1 cm³/mol. The van der Waals surface area contributed by atoms with Crippen LogP contribution < -0.4 is 5.32 Å². The van der Waals surface area contributed by atoms with Gasteiger partial charge in [0.2, 0.25) is 5.91 Å². The molecule has 0 spiro atoms. The number of nitrogens with one attached hydrogen (secondary N) is 1. The van der Waals surface area contributed by atoms with Crippen molar-refractivity contribution in [1.29, 1.82) is 0 Å². The summed E-state index contributed by atoms with van der Waals surface area (Å²) in [5.41, 5.74) is 0. The van der Waals surface area contributed by atoms with E-state index in [1.54, 1.807) is 0 Å². The van der Waals surface area contributed by atoms with Gasteiger partial charge in [0.15, 0.2) is 0 Å². The molecular formula is C11H22N2O3. The molecule has 0 saturated carbocycles. The van der Waals surface area contributed by atoms with Crippen molar-refractivity contribution in [2.75, 3.05) is 26.2 Å². The monoisotopic (exact) mass is 230 g/mol. The molecule has 1 saturated heterocycles. The van der Waals surface area contributed by atoms with Crippen LogP contribution in [-0.2, 0) is 9.53 Å². The summed E-state index contributed by atoms with van der Waals surface area (Å²) in [6, 6.07) is -0.266. The van der Waals surface area contributed by atoms with Crippen molar-refractivity contribution in [3.8, 4) is 0 Å². The lowest BCUT2D eigenvalue weighted by Crippen LogP contribution is -2.46. The van der Waals surface area contributed by atoms with Crippen LogP contribution in [0.25, 0.3) is 0 Å². The van der Waals surface area contributed by atoms with Crippen LogP contribution >= 0.6 is 0 Å². The van der Waals surface area contributed by atoms with Crippen molar-refractivity contribution in [2.45, 2.75) is 39.0 Å². The highest BCUT2D eigenvalue weighted by atomic mass is 16.5. The highest BCUT2D eigenvalue weighted by Gasteiger charge is 2.36.